The van der Waals surface area contributed by atoms with Gasteiger partial charge in [0.2, 0.25) is 6.79 Å². The monoisotopic (exact) mass is 236 g/mol. The van der Waals surface area contributed by atoms with Gasteiger partial charge in [0.15, 0.2) is 0 Å². The largest absolute Gasteiger partial charge is 0.478 e. The Morgan fingerprint density at radius 1 is 1.35 bits per heavy atom. The van der Waals surface area contributed by atoms with Crippen molar-refractivity contribution in [2.24, 2.45) is 0 Å². The molecular weight excluding hydrogens is 224 g/mol. The van der Waals surface area contributed by atoms with Crippen LogP contribution in [0.2, 0.25) is 0 Å². The Balaban J connectivity index is 2.61. The number of rotatable bonds is 5. The molecular formula is C12H12O5. The second-order valence-corrected chi connectivity index (χ2v) is 3.28. The number of benzene rings is 1. The smallest absolute Gasteiger partial charge is 0.339 e. The molecule has 1 aromatic rings. The number of carbonyl (C=O) groups excluding carboxylic acids is 1. The minimum Gasteiger partial charge on any atom is -0.478 e. The maximum atomic E-state index is 11.0. The van der Waals surface area contributed by atoms with Gasteiger partial charge in [0.1, 0.15) is 11.3 Å². The normalized spacial score (nSPS) is 9.47. The van der Waals surface area contributed by atoms with Crippen molar-refractivity contribution >= 4 is 11.9 Å². The molecule has 0 aliphatic carbocycles. The number of hydrogen-bond donors (Lipinski definition) is 1. The fourth-order valence-corrected chi connectivity index (χ4v) is 1.04. The third-order valence-electron chi connectivity index (χ3n) is 1.87. The first-order valence-electron chi connectivity index (χ1n) is 4.80. The van der Waals surface area contributed by atoms with Crippen molar-refractivity contribution in [1.82, 2.24) is 0 Å². The van der Waals surface area contributed by atoms with Crippen molar-refractivity contribution < 1.29 is 24.2 Å². The molecule has 0 spiro atoms. The molecule has 0 aromatic heterocycles. The Kier molecular flexibility index (Phi) is 4.28. The zero-order valence-corrected chi connectivity index (χ0v) is 9.30. The average molecular weight is 236 g/mol. The first kappa shape index (κ1) is 12.8. The second-order valence-electron chi connectivity index (χ2n) is 3.28. The van der Waals surface area contributed by atoms with Crippen LogP contribution in [0.5, 0.6) is 5.75 Å². The van der Waals surface area contributed by atoms with E-state index in [1.165, 1.54) is 19.1 Å². The maximum Gasteiger partial charge on any atom is 0.339 e. The van der Waals surface area contributed by atoms with Crippen molar-refractivity contribution in [3.8, 4) is 5.75 Å². The summed E-state index contributed by atoms with van der Waals surface area (Å²) in [5.74, 6) is -1.54. The SMILES string of the molecule is C=C(C)C(=O)OCOc1ccccc1C(=O)O. The summed E-state index contributed by atoms with van der Waals surface area (Å²) in [5, 5.41) is 8.86. The summed E-state index contributed by atoms with van der Waals surface area (Å²) in [5.41, 5.74) is 0.263. The molecule has 1 aromatic carbocycles. The van der Waals surface area contributed by atoms with Crippen LogP contribution in [0.4, 0.5) is 0 Å². The average Bonchev–Trinajstić information content (AvgIpc) is 2.29. The van der Waals surface area contributed by atoms with Crippen LogP contribution in [-0.4, -0.2) is 23.8 Å². The van der Waals surface area contributed by atoms with Gasteiger partial charge >= 0.3 is 11.9 Å². The van der Waals surface area contributed by atoms with E-state index in [0.717, 1.165) is 0 Å². The van der Waals surface area contributed by atoms with Crippen molar-refractivity contribution in [3.05, 3.63) is 42.0 Å². The summed E-state index contributed by atoms with van der Waals surface area (Å²) in [4.78, 5) is 21.9. The van der Waals surface area contributed by atoms with Crippen molar-refractivity contribution in [1.29, 1.82) is 0 Å². The Morgan fingerprint density at radius 2 is 2.00 bits per heavy atom. The van der Waals surface area contributed by atoms with Crippen LogP contribution < -0.4 is 4.74 Å². The third-order valence-corrected chi connectivity index (χ3v) is 1.87. The molecule has 0 radical (unpaired) electrons. The van der Waals surface area contributed by atoms with Gasteiger partial charge in [0.25, 0.3) is 0 Å². The number of aromatic carboxylic acids is 1. The van der Waals surface area contributed by atoms with Crippen molar-refractivity contribution in [2.75, 3.05) is 6.79 Å². The van der Waals surface area contributed by atoms with Crippen LogP contribution in [-0.2, 0) is 9.53 Å². The van der Waals surface area contributed by atoms with Gasteiger partial charge in [-0.3, -0.25) is 0 Å². The minimum absolute atomic E-state index is 0.0128. The summed E-state index contributed by atoms with van der Waals surface area (Å²) in [6.45, 7) is 4.56. The number of carbonyl (C=O) groups is 2. The molecule has 1 rings (SSSR count). The van der Waals surface area contributed by atoms with Gasteiger partial charge in [-0.25, -0.2) is 9.59 Å². The van der Waals surface area contributed by atoms with Crippen molar-refractivity contribution in [3.63, 3.8) is 0 Å². The molecule has 17 heavy (non-hydrogen) atoms. The molecule has 0 fully saturated rings. The number of ether oxygens (including phenoxy) is 2. The molecule has 0 amide bonds. The summed E-state index contributed by atoms with van der Waals surface area (Å²) in [6, 6.07) is 6.09. The van der Waals surface area contributed by atoms with E-state index >= 15 is 0 Å². The highest BCUT2D eigenvalue weighted by molar-refractivity contribution is 5.90. The van der Waals surface area contributed by atoms with Crippen LogP contribution in [0.1, 0.15) is 17.3 Å². The van der Waals surface area contributed by atoms with E-state index in [0.29, 0.717) is 0 Å². The fourth-order valence-electron chi connectivity index (χ4n) is 1.04. The highest BCUT2D eigenvalue weighted by Crippen LogP contribution is 2.17. The Morgan fingerprint density at radius 3 is 2.59 bits per heavy atom. The summed E-state index contributed by atoms with van der Waals surface area (Å²) < 4.78 is 9.74. The zero-order chi connectivity index (χ0) is 12.8. The highest BCUT2D eigenvalue weighted by atomic mass is 16.7. The molecule has 0 aliphatic heterocycles. The van der Waals surface area contributed by atoms with Crippen molar-refractivity contribution in [2.45, 2.75) is 6.92 Å². The maximum absolute atomic E-state index is 11.0. The first-order chi connectivity index (χ1) is 8.02. The number of para-hydroxylation sites is 1. The van der Waals surface area contributed by atoms with E-state index in [-0.39, 0.29) is 23.7 Å². The minimum atomic E-state index is -1.10. The zero-order valence-electron chi connectivity index (χ0n) is 9.30. The predicted octanol–water partition coefficient (Wildman–Crippen LogP) is 1.84. The van der Waals surface area contributed by atoms with Gasteiger partial charge in [0, 0.05) is 5.57 Å². The quantitative estimate of drug-likeness (QED) is 0.479. The third kappa shape index (κ3) is 3.64. The molecule has 0 saturated heterocycles. The van der Waals surface area contributed by atoms with Crippen LogP contribution in [0.15, 0.2) is 36.4 Å². The van der Waals surface area contributed by atoms with E-state index in [1.54, 1.807) is 12.1 Å². The molecule has 0 aliphatic rings. The predicted molar refractivity (Wildman–Crippen MR) is 59.8 cm³/mol. The molecule has 1 N–H and O–H groups in total. The Hall–Kier alpha value is -2.30. The van der Waals surface area contributed by atoms with E-state index in [4.69, 9.17) is 9.84 Å². The fraction of sp³-hybridized carbons (Fsp3) is 0.167. The molecule has 0 atom stereocenters. The van der Waals surface area contributed by atoms with Crippen LogP contribution in [0, 0.1) is 0 Å². The Bertz CT molecular complexity index is 450. The number of carboxylic acid groups (broad SMARTS) is 1. The molecule has 0 heterocycles. The summed E-state index contributed by atoms with van der Waals surface area (Å²) in [6.07, 6.45) is 0. The lowest BCUT2D eigenvalue weighted by molar-refractivity contribution is -0.145. The highest BCUT2D eigenvalue weighted by Gasteiger charge is 2.10. The van der Waals surface area contributed by atoms with Crippen LogP contribution in [0.3, 0.4) is 0 Å². The molecule has 0 unspecified atom stereocenters. The van der Waals surface area contributed by atoms with Crippen LogP contribution >= 0.6 is 0 Å². The van der Waals surface area contributed by atoms with E-state index < -0.39 is 11.9 Å². The molecule has 0 saturated carbocycles. The summed E-state index contributed by atoms with van der Waals surface area (Å²) >= 11 is 0. The molecule has 5 heteroatoms. The number of carboxylic acids is 1. The van der Waals surface area contributed by atoms with Gasteiger partial charge in [-0.1, -0.05) is 18.7 Å². The molecule has 90 valence electrons. The van der Waals surface area contributed by atoms with Gasteiger partial charge < -0.3 is 14.6 Å². The molecule has 0 bridgehead atoms. The van der Waals surface area contributed by atoms with Gasteiger partial charge in [0.05, 0.1) is 0 Å². The van der Waals surface area contributed by atoms with Gasteiger partial charge in [-0.15, -0.1) is 0 Å². The van der Waals surface area contributed by atoms with E-state index in [9.17, 15) is 9.59 Å². The standard InChI is InChI=1S/C12H12O5/c1-8(2)12(15)17-7-16-10-6-4-3-5-9(10)11(13)14/h3-6H,1,7H2,2H3,(H,13,14). The van der Waals surface area contributed by atoms with Gasteiger partial charge in [-0.2, -0.15) is 0 Å². The summed E-state index contributed by atoms with van der Waals surface area (Å²) in [7, 11) is 0. The lowest BCUT2D eigenvalue weighted by atomic mass is 10.2. The molecule has 5 nitrogen and oxygen atoms in total. The number of hydrogen-bond acceptors (Lipinski definition) is 4. The topological polar surface area (TPSA) is 72.8 Å². The van der Waals surface area contributed by atoms with E-state index in [1.807, 2.05) is 0 Å². The second kappa shape index (κ2) is 5.69. The lowest BCUT2D eigenvalue weighted by Crippen LogP contribution is -2.12. The lowest BCUT2D eigenvalue weighted by Gasteiger charge is -2.09. The van der Waals surface area contributed by atoms with Crippen LogP contribution in [0.25, 0.3) is 0 Å². The van der Waals surface area contributed by atoms with Gasteiger partial charge in [-0.05, 0) is 19.1 Å². The first-order valence-corrected chi connectivity index (χ1v) is 4.80. The van der Waals surface area contributed by atoms with E-state index in [2.05, 4.69) is 11.3 Å². The number of esters is 1. The Labute approximate surface area is 98.3 Å².